The summed E-state index contributed by atoms with van der Waals surface area (Å²) in [5.74, 6) is -0.770. The topological polar surface area (TPSA) is 12.9 Å². The van der Waals surface area contributed by atoms with Crippen molar-refractivity contribution in [2.45, 2.75) is 13.1 Å². The zero-order valence-electron chi connectivity index (χ0n) is 8.87. The molecule has 0 radical (unpaired) electrons. The highest BCUT2D eigenvalue weighted by Crippen LogP contribution is 2.39. The largest absolute Gasteiger partial charge is 0.433 e. The molecule has 0 N–H and O–H groups in total. The Morgan fingerprint density at radius 3 is 2.33 bits per heavy atom. The van der Waals surface area contributed by atoms with Crippen LogP contribution in [0.25, 0.3) is 10.9 Å². The Hall–Kier alpha value is -1.07. The minimum absolute atomic E-state index is 0.0701. The first kappa shape index (κ1) is 13.4. The molecule has 1 aromatic carbocycles. The summed E-state index contributed by atoms with van der Waals surface area (Å²) in [4.78, 5) is 3.39. The number of hydrogen-bond acceptors (Lipinski definition) is 1. The van der Waals surface area contributed by atoms with Crippen LogP contribution in [0.15, 0.2) is 12.1 Å². The molecule has 96 valence electrons. The van der Waals surface area contributed by atoms with Crippen LogP contribution in [0.5, 0.6) is 0 Å². The van der Waals surface area contributed by atoms with Crippen molar-refractivity contribution in [3.63, 3.8) is 0 Å². The van der Waals surface area contributed by atoms with E-state index in [0.29, 0.717) is 0 Å². The van der Waals surface area contributed by atoms with Crippen molar-refractivity contribution in [1.82, 2.24) is 4.98 Å². The number of alkyl halides is 3. The van der Waals surface area contributed by atoms with Gasteiger partial charge >= 0.3 is 6.18 Å². The lowest BCUT2D eigenvalue weighted by atomic mass is 10.1. The minimum atomic E-state index is -4.65. The van der Waals surface area contributed by atoms with Gasteiger partial charge in [0.05, 0.1) is 15.6 Å². The number of nitrogens with zero attached hydrogens (tertiary/aromatic N) is 1. The van der Waals surface area contributed by atoms with Crippen LogP contribution in [0.2, 0.25) is 10.0 Å². The highest BCUT2D eigenvalue weighted by atomic mass is 35.5. The minimum Gasteiger partial charge on any atom is -0.243 e. The second kappa shape index (κ2) is 4.24. The van der Waals surface area contributed by atoms with E-state index in [1.54, 1.807) is 0 Å². The Balaban J connectivity index is 2.93. The van der Waals surface area contributed by atoms with Gasteiger partial charge in [-0.05, 0) is 18.6 Å². The summed E-state index contributed by atoms with van der Waals surface area (Å²) in [6, 6.07) is 1.84. The van der Waals surface area contributed by atoms with E-state index in [4.69, 9.17) is 23.2 Å². The van der Waals surface area contributed by atoms with Crippen molar-refractivity contribution in [3.8, 4) is 0 Å². The van der Waals surface area contributed by atoms with Crippen molar-refractivity contribution >= 4 is 34.1 Å². The van der Waals surface area contributed by atoms with E-state index >= 15 is 0 Å². The number of halogens is 6. The molecule has 0 spiro atoms. The highest BCUT2D eigenvalue weighted by molar-refractivity contribution is 6.42. The van der Waals surface area contributed by atoms with E-state index in [0.717, 1.165) is 12.1 Å². The molecule has 0 unspecified atom stereocenters. The third-order valence-corrected chi connectivity index (χ3v) is 3.21. The Kier molecular flexibility index (Phi) is 3.15. The zero-order chi connectivity index (χ0) is 13.7. The Bertz CT molecular complexity index is 637. The van der Waals surface area contributed by atoms with Crippen molar-refractivity contribution < 1.29 is 17.6 Å². The lowest BCUT2D eigenvalue weighted by Gasteiger charge is -2.13. The van der Waals surface area contributed by atoms with Crippen LogP contribution in [0.4, 0.5) is 17.6 Å². The van der Waals surface area contributed by atoms with Crippen molar-refractivity contribution in [1.29, 1.82) is 0 Å². The van der Waals surface area contributed by atoms with E-state index in [-0.39, 0.29) is 26.5 Å². The molecule has 1 aromatic heterocycles. The van der Waals surface area contributed by atoms with Gasteiger partial charge in [-0.3, -0.25) is 0 Å². The first-order valence-electron chi connectivity index (χ1n) is 4.74. The van der Waals surface area contributed by atoms with E-state index < -0.39 is 17.7 Å². The lowest BCUT2D eigenvalue weighted by molar-refractivity contribution is -0.141. The molecule has 0 aliphatic rings. The molecule has 0 aliphatic heterocycles. The molecule has 2 rings (SSSR count). The first-order valence-corrected chi connectivity index (χ1v) is 5.49. The average Bonchev–Trinajstić information content (AvgIpc) is 2.20. The standard InChI is InChI=1S/C11H5Cl2F4N/c1-4-9(13)8-6(12)2-5(14)3-7(8)18-10(4)11(15,16)17/h2-3H,1H3. The van der Waals surface area contributed by atoms with Gasteiger partial charge in [-0.1, -0.05) is 23.2 Å². The smallest absolute Gasteiger partial charge is 0.243 e. The average molecular weight is 298 g/mol. The predicted molar refractivity (Wildman–Crippen MR) is 61.5 cm³/mol. The van der Waals surface area contributed by atoms with Crippen molar-refractivity contribution in [3.05, 3.63) is 39.3 Å². The van der Waals surface area contributed by atoms with Gasteiger partial charge in [0.15, 0.2) is 0 Å². The van der Waals surface area contributed by atoms with Crippen LogP contribution >= 0.6 is 23.2 Å². The molecular weight excluding hydrogens is 293 g/mol. The quantitative estimate of drug-likeness (QED) is 0.623. The van der Waals surface area contributed by atoms with Crippen LogP contribution in [0.3, 0.4) is 0 Å². The summed E-state index contributed by atoms with van der Waals surface area (Å²) < 4.78 is 51.2. The number of benzene rings is 1. The van der Waals surface area contributed by atoms with Gasteiger partial charge in [-0.2, -0.15) is 13.2 Å². The van der Waals surface area contributed by atoms with Gasteiger partial charge < -0.3 is 0 Å². The van der Waals surface area contributed by atoms with E-state index in [1.165, 1.54) is 6.92 Å². The van der Waals surface area contributed by atoms with E-state index in [2.05, 4.69) is 4.98 Å². The molecule has 7 heteroatoms. The molecule has 0 aliphatic carbocycles. The molecule has 0 atom stereocenters. The maximum atomic E-state index is 13.1. The normalized spacial score (nSPS) is 12.2. The van der Waals surface area contributed by atoms with Gasteiger partial charge in [0.2, 0.25) is 0 Å². The SMILES string of the molecule is Cc1c(C(F)(F)F)nc2cc(F)cc(Cl)c2c1Cl. The molecule has 0 fully saturated rings. The van der Waals surface area contributed by atoms with Crippen molar-refractivity contribution in [2.75, 3.05) is 0 Å². The number of aromatic nitrogens is 1. The van der Waals surface area contributed by atoms with Gasteiger partial charge in [0.25, 0.3) is 0 Å². The fourth-order valence-corrected chi connectivity index (χ4v) is 2.27. The van der Waals surface area contributed by atoms with Crippen LogP contribution < -0.4 is 0 Å². The third-order valence-electron chi connectivity index (χ3n) is 2.44. The summed E-state index contributed by atoms with van der Waals surface area (Å²) >= 11 is 11.6. The van der Waals surface area contributed by atoms with Gasteiger partial charge in [0.1, 0.15) is 11.5 Å². The Morgan fingerprint density at radius 1 is 1.17 bits per heavy atom. The fraction of sp³-hybridized carbons (Fsp3) is 0.182. The second-order valence-corrected chi connectivity index (χ2v) is 4.46. The Labute approximate surface area is 109 Å². The van der Waals surface area contributed by atoms with Gasteiger partial charge in [-0.25, -0.2) is 9.37 Å². The molecule has 1 heterocycles. The monoisotopic (exact) mass is 297 g/mol. The third kappa shape index (κ3) is 2.12. The van der Waals surface area contributed by atoms with Crippen LogP contribution in [0.1, 0.15) is 11.3 Å². The summed E-state index contributed by atoms with van der Waals surface area (Å²) in [6.45, 7) is 1.19. The fourth-order valence-electron chi connectivity index (χ4n) is 1.64. The summed E-state index contributed by atoms with van der Waals surface area (Å²) in [5, 5.41) is -0.123. The number of fused-ring (bicyclic) bond motifs is 1. The van der Waals surface area contributed by atoms with Gasteiger partial charge in [0, 0.05) is 11.5 Å². The second-order valence-electron chi connectivity index (χ2n) is 3.68. The highest BCUT2D eigenvalue weighted by Gasteiger charge is 2.36. The number of rotatable bonds is 0. The van der Waals surface area contributed by atoms with Crippen LogP contribution in [-0.2, 0) is 6.18 Å². The van der Waals surface area contributed by atoms with Crippen LogP contribution in [-0.4, -0.2) is 4.98 Å². The van der Waals surface area contributed by atoms with Gasteiger partial charge in [-0.15, -0.1) is 0 Å². The van der Waals surface area contributed by atoms with Crippen LogP contribution in [0, 0.1) is 12.7 Å². The maximum Gasteiger partial charge on any atom is 0.433 e. The summed E-state index contributed by atoms with van der Waals surface area (Å²) in [7, 11) is 0. The molecule has 1 nitrogen and oxygen atoms in total. The molecule has 0 saturated heterocycles. The zero-order valence-corrected chi connectivity index (χ0v) is 10.4. The molecule has 2 aromatic rings. The maximum absolute atomic E-state index is 13.1. The Morgan fingerprint density at radius 2 is 1.78 bits per heavy atom. The molecule has 0 saturated carbocycles. The lowest BCUT2D eigenvalue weighted by Crippen LogP contribution is -2.11. The summed E-state index contributed by atoms with van der Waals surface area (Å²) in [5.41, 5.74) is -1.59. The predicted octanol–water partition coefficient (Wildman–Crippen LogP) is 5.01. The first-order chi connectivity index (χ1) is 8.21. The van der Waals surface area contributed by atoms with E-state index in [1.807, 2.05) is 0 Å². The number of hydrogen-bond donors (Lipinski definition) is 0. The van der Waals surface area contributed by atoms with E-state index in [9.17, 15) is 17.6 Å². The summed E-state index contributed by atoms with van der Waals surface area (Å²) in [6.07, 6.45) is -4.65. The molecule has 0 amide bonds. The van der Waals surface area contributed by atoms with Crippen molar-refractivity contribution in [2.24, 2.45) is 0 Å². The molecule has 18 heavy (non-hydrogen) atoms. The number of pyridine rings is 1. The molecular formula is C11H5Cl2F4N. The molecule has 0 bridgehead atoms.